The number of Topliss-reactive ketones (excluding diaryl/α,β-unsaturated/α-hetero) is 1. The molecule has 0 heterocycles. The van der Waals surface area contributed by atoms with Gasteiger partial charge >= 0.3 is 5.97 Å². The molecule has 2 aliphatic carbocycles. The van der Waals surface area contributed by atoms with Gasteiger partial charge in [-0.1, -0.05) is 24.3 Å². The van der Waals surface area contributed by atoms with Gasteiger partial charge in [0.05, 0.1) is 13.0 Å². The van der Waals surface area contributed by atoms with Gasteiger partial charge in [-0.15, -0.1) is 0 Å². The van der Waals surface area contributed by atoms with Crippen LogP contribution in [0, 0.1) is 11.8 Å². The Morgan fingerprint density at radius 3 is 2.32 bits per heavy atom. The number of carbonyl (C=O) groups is 3. The predicted octanol–water partition coefficient (Wildman–Crippen LogP) is 2.97. The molecule has 22 heavy (non-hydrogen) atoms. The van der Waals surface area contributed by atoms with Gasteiger partial charge in [-0.25, -0.2) is 0 Å². The van der Waals surface area contributed by atoms with E-state index in [2.05, 4.69) is 0 Å². The van der Waals surface area contributed by atoms with Gasteiger partial charge in [0.2, 0.25) is 0 Å². The van der Waals surface area contributed by atoms with Gasteiger partial charge in [0.15, 0.2) is 11.6 Å². The molecule has 1 saturated carbocycles. The molecule has 4 nitrogen and oxygen atoms in total. The van der Waals surface area contributed by atoms with E-state index in [0.717, 1.165) is 12.8 Å². The van der Waals surface area contributed by atoms with Crippen molar-refractivity contribution in [2.75, 3.05) is 7.11 Å². The second-order valence-electron chi connectivity index (χ2n) is 5.91. The van der Waals surface area contributed by atoms with Crippen molar-refractivity contribution in [1.82, 2.24) is 0 Å². The first-order chi connectivity index (χ1) is 10.6. The number of fused-ring (bicyclic) bond motifs is 1. The van der Waals surface area contributed by atoms with Crippen molar-refractivity contribution < 1.29 is 19.1 Å². The van der Waals surface area contributed by atoms with Crippen molar-refractivity contribution in [3.05, 3.63) is 47.0 Å². The number of esters is 1. The Morgan fingerprint density at radius 1 is 1.05 bits per heavy atom. The monoisotopic (exact) mass is 298 g/mol. The van der Waals surface area contributed by atoms with Gasteiger partial charge in [0.1, 0.15) is 0 Å². The first-order valence-corrected chi connectivity index (χ1v) is 7.59. The highest BCUT2D eigenvalue weighted by atomic mass is 16.5. The van der Waals surface area contributed by atoms with E-state index in [1.165, 1.54) is 13.2 Å². The maximum Gasteiger partial charge on any atom is 0.308 e. The fraction of sp³-hybridized carbons (Fsp3) is 0.389. The van der Waals surface area contributed by atoms with Crippen molar-refractivity contribution in [2.24, 2.45) is 11.8 Å². The molecular formula is C18H18O4. The first kappa shape index (κ1) is 14.7. The molecule has 1 aromatic rings. The van der Waals surface area contributed by atoms with E-state index in [4.69, 9.17) is 4.74 Å². The molecule has 0 atom stereocenters. The maximum atomic E-state index is 12.6. The van der Waals surface area contributed by atoms with E-state index >= 15 is 0 Å². The molecule has 0 spiro atoms. The first-order valence-electron chi connectivity index (χ1n) is 7.59. The number of hydrogen-bond donors (Lipinski definition) is 0. The van der Waals surface area contributed by atoms with Crippen molar-refractivity contribution in [3.8, 4) is 0 Å². The number of allylic oxidation sites excluding steroid dienone is 2. The zero-order valence-corrected chi connectivity index (χ0v) is 12.5. The zero-order chi connectivity index (χ0) is 15.7. The lowest BCUT2D eigenvalue weighted by atomic mass is 9.74. The summed E-state index contributed by atoms with van der Waals surface area (Å²) in [5, 5.41) is 0. The summed E-state index contributed by atoms with van der Waals surface area (Å²) in [5.74, 6) is -0.338. The number of ether oxygens (including phenoxy) is 1. The number of carbonyl (C=O) groups excluding carboxylic acids is 3. The SMILES string of the molecule is COC(=O)C1CCC(C2=CC(=O)c3ccccc3C2=O)CC1. The number of methoxy groups -OCH3 is 1. The fourth-order valence-corrected chi connectivity index (χ4v) is 3.45. The minimum absolute atomic E-state index is 0.0447. The van der Waals surface area contributed by atoms with E-state index in [1.54, 1.807) is 24.3 Å². The molecule has 3 rings (SSSR count). The smallest absolute Gasteiger partial charge is 0.308 e. The van der Waals surface area contributed by atoms with Crippen LogP contribution in [0.15, 0.2) is 35.9 Å². The summed E-state index contributed by atoms with van der Waals surface area (Å²) in [5.41, 5.74) is 1.59. The molecule has 0 N–H and O–H groups in total. The number of benzene rings is 1. The molecule has 4 heteroatoms. The lowest BCUT2D eigenvalue weighted by Crippen LogP contribution is -2.28. The van der Waals surface area contributed by atoms with Crippen molar-refractivity contribution in [3.63, 3.8) is 0 Å². The molecule has 0 saturated heterocycles. The number of hydrogen-bond acceptors (Lipinski definition) is 4. The molecule has 1 aromatic carbocycles. The van der Waals surface area contributed by atoms with Crippen LogP contribution in [0.25, 0.3) is 0 Å². The third kappa shape index (κ3) is 2.49. The topological polar surface area (TPSA) is 60.4 Å². The van der Waals surface area contributed by atoms with E-state index in [9.17, 15) is 14.4 Å². The normalized spacial score (nSPS) is 24.5. The second kappa shape index (κ2) is 5.87. The third-order valence-electron chi connectivity index (χ3n) is 4.69. The Balaban J connectivity index is 1.79. The summed E-state index contributed by atoms with van der Waals surface area (Å²) < 4.78 is 4.78. The molecule has 114 valence electrons. The molecule has 0 bridgehead atoms. The highest BCUT2D eigenvalue weighted by molar-refractivity contribution is 6.24. The van der Waals surface area contributed by atoms with Gasteiger partial charge in [-0.3, -0.25) is 14.4 Å². The predicted molar refractivity (Wildman–Crippen MR) is 80.7 cm³/mol. The van der Waals surface area contributed by atoms with Crippen LogP contribution in [0.1, 0.15) is 46.4 Å². The van der Waals surface area contributed by atoms with Crippen molar-refractivity contribution in [1.29, 1.82) is 0 Å². The molecule has 0 amide bonds. The van der Waals surface area contributed by atoms with Gasteiger partial charge in [0, 0.05) is 16.7 Å². The number of ketones is 2. The Labute approximate surface area is 129 Å². The minimum atomic E-state index is -0.177. The third-order valence-corrected chi connectivity index (χ3v) is 4.69. The summed E-state index contributed by atoms with van der Waals surface area (Å²) in [7, 11) is 1.40. The molecule has 0 unspecified atom stereocenters. The number of rotatable bonds is 2. The lowest BCUT2D eigenvalue weighted by Gasteiger charge is -2.29. The largest absolute Gasteiger partial charge is 0.469 e. The van der Waals surface area contributed by atoms with Crippen molar-refractivity contribution >= 4 is 17.5 Å². The molecule has 0 aliphatic heterocycles. The average Bonchev–Trinajstić information content (AvgIpc) is 2.57. The summed E-state index contributed by atoms with van der Waals surface area (Å²) in [6.07, 6.45) is 4.39. The average molecular weight is 298 g/mol. The molecule has 0 radical (unpaired) electrons. The van der Waals surface area contributed by atoms with Crippen LogP contribution < -0.4 is 0 Å². The quantitative estimate of drug-likeness (QED) is 0.788. The van der Waals surface area contributed by atoms with Gasteiger partial charge in [0.25, 0.3) is 0 Å². The van der Waals surface area contributed by atoms with Crippen LogP contribution in [0.4, 0.5) is 0 Å². The van der Waals surface area contributed by atoms with Crippen LogP contribution >= 0.6 is 0 Å². The molecule has 2 aliphatic rings. The van der Waals surface area contributed by atoms with Gasteiger partial charge in [-0.05, 0) is 37.7 Å². The lowest BCUT2D eigenvalue weighted by molar-refractivity contribution is -0.146. The van der Waals surface area contributed by atoms with E-state index < -0.39 is 0 Å². The molecular weight excluding hydrogens is 280 g/mol. The Bertz CT molecular complexity index is 663. The molecule has 0 aromatic heterocycles. The van der Waals surface area contributed by atoms with Crippen LogP contribution in [-0.4, -0.2) is 24.6 Å². The summed E-state index contributed by atoms with van der Waals surface area (Å²) in [6.45, 7) is 0. The van der Waals surface area contributed by atoms with Crippen molar-refractivity contribution in [2.45, 2.75) is 25.7 Å². The van der Waals surface area contributed by atoms with E-state index in [0.29, 0.717) is 29.5 Å². The van der Waals surface area contributed by atoms with Crippen LogP contribution in [0.2, 0.25) is 0 Å². The highest BCUT2D eigenvalue weighted by Crippen LogP contribution is 2.37. The van der Waals surface area contributed by atoms with Crippen LogP contribution in [0.5, 0.6) is 0 Å². The van der Waals surface area contributed by atoms with Crippen LogP contribution in [0.3, 0.4) is 0 Å². The Morgan fingerprint density at radius 2 is 1.68 bits per heavy atom. The van der Waals surface area contributed by atoms with E-state index in [1.807, 2.05) is 0 Å². The van der Waals surface area contributed by atoms with E-state index in [-0.39, 0.29) is 29.4 Å². The maximum absolute atomic E-state index is 12.6. The summed E-state index contributed by atoms with van der Waals surface area (Å²) in [4.78, 5) is 36.4. The zero-order valence-electron chi connectivity index (χ0n) is 12.5. The van der Waals surface area contributed by atoms with Crippen LogP contribution in [-0.2, 0) is 9.53 Å². The summed E-state index contributed by atoms with van der Waals surface area (Å²) in [6, 6.07) is 6.95. The standard InChI is InChI=1S/C18H18O4/c1-22-18(21)12-8-6-11(7-9-12)15-10-16(19)13-4-2-3-5-14(13)17(15)20/h2-5,10-12H,6-9H2,1H3. The highest BCUT2D eigenvalue weighted by Gasteiger charge is 2.34. The second-order valence-corrected chi connectivity index (χ2v) is 5.91. The van der Waals surface area contributed by atoms with Gasteiger partial charge in [-0.2, -0.15) is 0 Å². The molecule has 1 fully saturated rings. The fourth-order valence-electron chi connectivity index (χ4n) is 3.45. The Kier molecular flexibility index (Phi) is 3.92. The van der Waals surface area contributed by atoms with Gasteiger partial charge < -0.3 is 4.74 Å². The Hall–Kier alpha value is -2.23. The summed E-state index contributed by atoms with van der Waals surface area (Å²) >= 11 is 0. The minimum Gasteiger partial charge on any atom is -0.469 e.